The SMILES string of the molecule is O=C(NC1C2CC3CC(C2)CC1C3)c1nn(C2CCCCC2)c2c1CC(NC(=O)C(F)(F)F)CC2. The predicted molar refractivity (Wildman–Crippen MR) is 123 cm³/mol. The molecule has 2 amide bonds. The van der Waals surface area contributed by atoms with Gasteiger partial charge in [-0.25, -0.2) is 0 Å². The highest BCUT2D eigenvalue weighted by Crippen LogP contribution is 2.53. The Balaban J connectivity index is 1.25. The van der Waals surface area contributed by atoms with Crippen LogP contribution in [0.4, 0.5) is 13.2 Å². The van der Waals surface area contributed by atoms with Crippen LogP contribution in [0.3, 0.4) is 0 Å². The second-order valence-corrected chi connectivity index (χ2v) is 11.9. The number of amides is 2. The average Bonchev–Trinajstić information content (AvgIpc) is 3.20. The van der Waals surface area contributed by atoms with E-state index in [9.17, 15) is 22.8 Å². The minimum Gasteiger partial charge on any atom is -0.347 e. The lowest BCUT2D eigenvalue weighted by Gasteiger charge is -2.54. The number of alkyl halides is 3. The van der Waals surface area contributed by atoms with Gasteiger partial charge in [-0.05, 0) is 87.9 Å². The maximum absolute atomic E-state index is 13.6. The van der Waals surface area contributed by atoms with Crippen LogP contribution >= 0.6 is 0 Å². The van der Waals surface area contributed by atoms with Gasteiger partial charge in [0.25, 0.3) is 5.91 Å². The summed E-state index contributed by atoms with van der Waals surface area (Å²) in [7, 11) is 0. The molecule has 6 aliphatic carbocycles. The van der Waals surface area contributed by atoms with Crippen molar-refractivity contribution in [1.82, 2.24) is 20.4 Å². The lowest BCUT2D eigenvalue weighted by molar-refractivity contribution is -0.174. The van der Waals surface area contributed by atoms with Gasteiger partial charge in [0.2, 0.25) is 0 Å². The Morgan fingerprint density at radius 2 is 1.54 bits per heavy atom. The van der Waals surface area contributed by atoms with E-state index >= 15 is 0 Å². The van der Waals surface area contributed by atoms with E-state index in [1.54, 1.807) is 0 Å². The summed E-state index contributed by atoms with van der Waals surface area (Å²) in [6.45, 7) is 0. The molecule has 1 aromatic heterocycles. The van der Waals surface area contributed by atoms with Crippen LogP contribution in [0.15, 0.2) is 0 Å². The van der Waals surface area contributed by atoms with Gasteiger partial charge in [-0.15, -0.1) is 0 Å². The van der Waals surface area contributed by atoms with Gasteiger partial charge >= 0.3 is 12.1 Å². The van der Waals surface area contributed by atoms with Crippen molar-refractivity contribution >= 4 is 11.8 Å². The molecule has 9 heteroatoms. The van der Waals surface area contributed by atoms with Crippen molar-refractivity contribution < 1.29 is 22.8 Å². The van der Waals surface area contributed by atoms with Gasteiger partial charge in [0, 0.05) is 23.3 Å². The van der Waals surface area contributed by atoms with Gasteiger partial charge < -0.3 is 10.6 Å². The Hall–Kier alpha value is -2.06. The van der Waals surface area contributed by atoms with Gasteiger partial charge in [0.05, 0.1) is 6.04 Å². The van der Waals surface area contributed by atoms with Crippen LogP contribution in [-0.4, -0.2) is 39.9 Å². The van der Waals surface area contributed by atoms with E-state index in [1.165, 1.54) is 38.5 Å². The van der Waals surface area contributed by atoms with Gasteiger partial charge in [-0.2, -0.15) is 18.3 Å². The van der Waals surface area contributed by atoms with Crippen LogP contribution in [0, 0.1) is 23.7 Å². The number of nitrogens with one attached hydrogen (secondary N) is 2. The average molecular weight is 493 g/mol. The third-order valence-electron chi connectivity index (χ3n) is 9.55. The fourth-order valence-electron chi connectivity index (χ4n) is 8.22. The number of hydrogen-bond acceptors (Lipinski definition) is 3. The Morgan fingerprint density at radius 1 is 0.886 bits per heavy atom. The van der Waals surface area contributed by atoms with Crippen LogP contribution in [0.5, 0.6) is 0 Å². The first-order chi connectivity index (χ1) is 16.8. The van der Waals surface area contributed by atoms with Crippen molar-refractivity contribution in [2.24, 2.45) is 23.7 Å². The molecule has 5 fully saturated rings. The zero-order chi connectivity index (χ0) is 24.3. The number of carbonyl (C=O) groups is 2. The molecule has 7 rings (SSSR count). The highest BCUT2D eigenvalue weighted by molar-refractivity contribution is 5.94. The Labute approximate surface area is 203 Å². The molecule has 0 saturated heterocycles. The topological polar surface area (TPSA) is 76.0 Å². The first-order valence-corrected chi connectivity index (χ1v) is 13.5. The number of nitrogens with zero attached hydrogens (tertiary/aromatic N) is 2. The highest BCUT2D eigenvalue weighted by Gasteiger charge is 2.49. The van der Waals surface area contributed by atoms with Crippen molar-refractivity contribution in [2.45, 2.75) is 108 Å². The van der Waals surface area contributed by atoms with Gasteiger partial charge in [0.1, 0.15) is 0 Å². The lowest BCUT2D eigenvalue weighted by Crippen LogP contribution is -2.56. The monoisotopic (exact) mass is 492 g/mol. The maximum Gasteiger partial charge on any atom is 0.471 e. The Kier molecular flexibility index (Phi) is 5.87. The smallest absolute Gasteiger partial charge is 0.347 e. The number of aromatic nitrogens is 2. The summed E-state index contributed by atoms with van der Waals surface area (Å²) in [6.07, 6.45) is 7.84. The molecule has 0 radical (unpaired) electrons. The van der Waals surface area contributed by atoms with E-state index in [-0.39, 0.29) is 24.4 Å². The minimum atomic E-state index is -4.91. The first kappa shape index (κ1) is 23.3. The zero-order valence-corrected chi connectivity index (χ0v) is 20.1. The Morgan fingerprint density at radius 3 is 2.17 bits per heavy atom. The third-order valence-corrected chi connectivity index (χ3v) is 9.55. The van der Waals surface area contributed by atoms with E-state index in [2.05, 4.69) is 10.6 Å². The molecule has 6 aliphatic rings. The normalized spacial score (nSPS) is 34.5. The molecule has 1 heterocycles. The summed E-state index contributed by atoms with van der Waals surface area (Å²) >= 11 is 0. The van der Waals surface area contributed by atoms with Crippen LogP contribution in [-0.2, 0) is 17.6 Å². The molecule has 4 bridgehead atoms. The molecule has 2 N–H and O–H groups in total. The van der Waals surface area contributed by atoms with Crippen molar-refractivity contribution in [3.8, 4) is 0 Å². The molecule has 35 heavy (non-hydrogen) atoms. The number of fused-ring (bicyclic) bond motifs is 1. The second-order valence-electron chi connectivity index (χ2n) is 11.9. The molecule has 6 nitrogen and oxygen atoms in total. The summed E-state index contributed by atoms with van der Waals surface area (Å²) in [5, 5.41) is 10.3. The van der Waals surface area contributed by atoms with Gasteiger partial charge in [-0.3, -0.25) is 14.3 Å². The quantitative estimate of drug-likeness (QED) is 0.651. The molecule has 1 atom stereocenters. The van der Waals surface area contributed by atoms with Crippen LogP contribution in [0.1, 0.15) is 98.4 Å². The summed E-state index contributed by atoms with van der Waals surface area (Å²) < 4.78 is 40.6. The molecule has 5 saturated carbocycles. The van der Waals surface area contributed by atoms with Crippen molar-refractivity contribution in [1.29, 1.82) is 0 Å². The van der Waals surface area contributed by atoms with E-state index in [0.717, 1.165) is 48.8 Å². The van der Waals surface area contributed by atoms with Gasteiger partial charge in [-0.1, -0.05) is 19.3 Å². The standard InChI is InChI=1S/C26H35F3N4O2/c27-26(28,29)25(35)30-18-6-7-21-20(13-18)23(32-33(21)19-4-2-1-3-5-19)24(34)31-22-16-9-14-8-15(11-16)12-17(22)10-14/h14-19,22H,1-13H2,(H,30,35)(H,31,34). The number of carbonyl (C=O) groups excluding carboxylic acids is 2. The molecule has 0 aromatic carbocycles. The summed E-state index contributed by atoms with van der Waals surface area (Å²) in [4.78, 5) is 25.2. The Bertz CT molecular complexity index is 969. The zero-order valence-electron chi connectivity index (χ0n) is 20.1. The molecular formula is C26H35F3N4O2. The molecule has 0 spiro atoms. The summed E-state index contributed by atoms with van der Waals surface area (Å²) in [6, 6.07) is -0.231. The molecule has 0 aliphatic heterocycles. The molecular weight excluding hydrogens is 457 g/mol. The van der Waals surface area contributed by atoms with Gasteiger partial charge in [0.15, 0.2) is 5.69 Å². The first-order valence-electron chi connectivity index (χ1n) is 13.5. The highest BCUT2D eigenvalue weighted by atomic mass is 19.4. The van der Waals surface area contributed by atoms with Crippen LogP contribution in [0.2, 0.25) is 0 Å². The number of halogens is 3. The molecule has 192 valence electrons. The van der Waals surface area contributed by atoms with Crippen LogP contribution < -0.4 is 10.6 Å². The van der Waals surface area contributed by atoms with E-state index < -0.39 is 18.1 Å². The predicted octanol–water partition coefficient (Wildman–Crippen LogP) is 4.48. The van der Waals surface area contributed by atoms with E-state index in [4.69, 9.17) is 5.10 Å². The lowest BCUT2D eigenvalue weighted by atomic mass is 9.54. The minimum absolute atomic E-state index is 0.176. The molecule has 1 aromatic rings. The van der Waals surface area contributed by atoms with Crippen molar-refractivity contribution in [3.63, 3.8) is 0 Å². The fraction of sp³-hybridized carbons (Fsp3) is 0.808. The summed E-state index contributed by atoms with van der Waals surface area (Å²) in [5.74, 6) is 0.584. The number of rotatable bonds is 4. The van der Waals surface area contributed by atoms with Crippen molar-refractivity contribution in [2.75, 3.05) is 0 Å². The van der Waals surface area contributed by atoms with Crippen LogP contribution in [0.25, 0.3) is 0 Å². The fourth-order valence-corrected chi connectivity index (χ4v) is 8.22. The van der Waals surface area contributed by atoms with E-state index in [1.807, 2.05) is 4.68 Å². The van der Waals surface area contributed by atoms with Crippen molar-refractivity contribution in [3.05, 3.63) is 17.0 Å². The summed E-state index contributed by atoms with van der Waals surface area (Å²) in [5.41, 5.74) is 2.07. The third kappa shape index (κ3) is 4.37. The van der Waals surface area contributed by atoms with E-state index in [0.29, 0.717) is 30.4 Å². The number of hydrogen-bond donors (Lipinski definition) is 2. The maximum atomic E-state index is 13.6. The second kappa shape index (κ2) is 8.80. The molecule has 1 unspecified atom stereocenters. The largest absolute Gasteiger partial charge is 0.471 e.